The topological polar surface area (TPSA) is 82.3 Å². The summed E-state index contributed by atoms with van der Waals surface area (Å²) in [7, 11) is 0. The van der Waals surface area contributed by atoms with Gasteiger partial charge in [0.05, 0.1) is 0 Å². The summed E-state index contributed by atoms with van der Waals surface area (Å²) in [5, 5.41) is 10.9. The summed E-state index contributed by atoms with van der Waals surface area (Å²) in [6.45, 7) is 5.22. The number of halogens is 4. The van der Waals surface area contributed by atoms with Crippen molar-refractivity contribution < 1.29 is 43.7 Å². The molecule has 2 aliphatic carbocycles. The first kappa shape index (κ1) is 36.2. The molecule has 4 rings (SSSR count). The number of rotatable bonds is 16. The van der Waals surface area contributed by atoms with Gasteiger partial charge >= 0.3 is 279 Å². The minimum atomic E-state index is -4.98. The van der Waals surface area contributed by atoms with Crippen molar-refractivity contribution in [2.24, 2.45) is 0 Å². The average Bonchev–Trinajstić information content (AvgIpc) is 3.79. The molecule has 0 bridgehead atoms. The van der Waals surface area contributed by atoms with Crippen LogP contribution >= 0.6 is 0 Å². The fraction of sp³-hybridized carbons (Fsp3) is 0.389. The zero-order valence-electron chi connectivity index (χ0n) is 27.1. The van der Waals surface area contributed by atoms with Gasteiger partial charge in [-0.1, -0.05) is 0 Å². The third-order valence-corrected chi connectivity index (χ3v) is 16.5. The van der Waals surface area contributed by atoms with Gasteiger partial charge in [-0.2, -0.15) is 0 Å². The van der Waals surface area contributed by atoms with Gasteiger partial charge in [-0.05, 0) is 0 Å². The predicted octanol–water partition coefficient (Wildman–Crippen LogP) is 6.32. The van der Waals surface area contributed by atoms with E-state index in [0.717, 1.165) is 25.7 Å². The van der Waals surface area contributed by atoms with Crippen molar-refractivity contribution in [2.75, 3.05) is 26.2 Å². The summed E-state index contributed by atoms with van der Waals surface area (Å²) in [5.74, 6) is -3.39. The van der Waals surface area contributed by atoms with Gasteiger partial charge in [0, 0.05) is 0 Å². The van der Waals surface area contributed by atoms with E-state index in [-0.39, 0.29) is 56.9 Å². The third kappa shape index (κ3) is 8.46. The van der Waals surface area contributed by atoms with Gasteiger partial charge in [0.1, 0.15) is 0 Å². The van der Waals surface area contributed by atoms with Gasteiger partial charge in [0.15, 0.2) is 0 Å². The van der Waals surface area contributed by atoms with E-state index in [4.69, 9.17) is 0 Å². The molecule has 0 saturated carbocycles. The average molecular weight is 689 g/mol. The van der Waals surface area contributed by atoms with Crippen molar-refractivity contribution in [3.63, 3.8) is 0 Å². The van der Waals surface area contributed by atoms with Gasteiger partial charge in [-0.3, -0.25) is 0 Å². The number of urea groups is 2. The molecule has 0 atom stereocenters. The molecule has 2 aromatic rings. The van der Waals surface area contributed by atoms with Crippen LogP contribution in [0.5, 0.6) is 0 Å². The Balaban J connectivity index is 1.77. The summed E-state index contributed by atoms with van der Waals surface area (Å²) in [5.41, 5.74) is 0.303. The molecule has 11 heteroatoms. The maximum absolute atomic E-state index is 16.9. The second-order valence-electron chi connectivity index (χ2n) is 11.8. The summed E-state index contributed by atoms with van der Waals surface area (Å²) >= 11 is -4.98. The number of hydrogen-bond donors (Lipinski definition) is 4. The number of amides is 4. The fourth-order valence-electron chi connectivity index (χ4n) is 6.19. The molecule has 47 heavy (non-hydrogen) atoms. The third-order valence-electron chi connectivity index (χ3n) is 8.59. The van der Waals surface area contributed by atoms with Crippen molar-refractivity contribution in [3.8, 4) is 0 Å². The monoisotopic (exact) mass is 688 g/mol. The molecule has 2 aliphatic rings. The zero-order valence-corrected chi connectivity index (χ0v) is 28.6. The van der Waals surface area contributed by atoms with Crippen LogP contribution < -0.4 is 29.0 Å². The second-order valence-corrected chi connectivity index (χ2v) is 17.7. The molecule has 0 saturated heterocycles. The van der Waals surface area contributed by atoms with Gasteiger partial charge in [-0.15, -0.1) is 0 Å². The quantitative estimate of drug-likeness (QED) is 0.0947. The molecule has 0 aliphatic heterocycles. The number of carbonyl (C=O) groups is 2. The first-order valence-corrected chi connectivity index (χ1v) is 19.6. The Labute approximate surface area is 278 Å². The number of benzene rings is 2. The van der Waals surface area contributed by atoms with E-state index in [0.29, 0.717) is 33.7 Å². The molecule has 0 radical (unpaired) electrons. The van der Waals surface area contributed by atoms with Crippen LogP contribution in [0, 0.1) is 23.3 Å². The van der Waals surface area contributed by atoms with Crippen LogP contribution in [0.1, 0.15) is 63.5 Å². The Morgan fingerprint density at radius 1 is 0.638 bits per heavy atom. The summed E-state index contributed by atoms with van der Waals surface area (Å²) in [4.78, 5) is 24.4. The summed E-state index contributed by atoms with van der Waals surface area (Å²) in [6.07, 6.45) is 14.9. The summed E-state index contributed by atoms with van der Waals surface area (Å²) < 4.78 is 66.9. The Bertz CT molecular complexity index is 1450. The first-order chi connectivity index (χ1) is 22.7. The predicted molar refractivity (Wildman–Crippen MR) is 176 cm³/mol. The van der Waals surface area contributed by atoms with Crippen molar-refractivity contribution in [1.29, 1.82) is 0 Å². The molecule has 0 fully saturated rings. The molecule has 252 valence electrons. The number of allylic oxidation sites excluding steroid dienone is 8. The van der Waals surface area contributed by atoms with Crippen LogP contribution in [0.25, 0.3) is 0 Å². The standard InChI is InChI=1S/2C13H17F2N2O.2C5H5.Ti/c2*1-2-3-7-16-13(18)17-8-6-10-4-5-11(14)9-12(10)15;2*1-2-4-5-3-1;/h2*4-5H,2-3,6-8H2,1H3,(H2,16,17,18);2*1-3H,4H2;. The molecule has 4 N–H and O–H groups in total. The Morgan fingerprint density at radius 3 is 1.40 bits per heavy atom. The van der Waals surface area contributed by atoms with E-state index in [9.17, 15) is 9.59 Å². The fourth-order valence-corrected chi connectivity index (χ4v) is 14.5. The molecular weight excluding hydrogens is 644 g/mol. The van der Waals surface area contributed by atoms with E-state index in [1.165, 1.54) is 24.3 Å². The van der Waals surface area contributed by atoms with Gasteiger partial charge in [0.25, 0.3) is 0 Å². The SMILES string of the molecule is CCCCNC(=O)NCCc1ccc(F)[c]([Ti]([C]2=CC=CC2)([C]2=CC=CC2)[c]2c(F)ccc(CCNC(=O)NCCCC)c2F)c1F. The molecule has 0 spiro atoms. The molecule has 2 aromatic carbocycles. The second kappa shape index (κ2) is 17.5. The van der Waals surface area contributed by atoms with E-state index < -0.39 is 39.9 Å². The maximum atomic E-state index is 16.9. The van der Waals surface area contributed by atoms with E-state index in [1.807, 2.05) is 26.0 Å². The normalized spacial score (nSPS) is 13.8. The van der Waals surface area contributed by atoms with Crippen molar-refractivity contribution in [3.05, 3.63) is 103 Å². The van der Waals surface area contributed by atoms with Crippen LogP contribution in [0.15, 0.2) is 68.5 Å². The number of nitrogens with one attached hydrogen (secondary N) is 4. The van der Waals surface area contributed by atoms with Gasteiger partial charge in [-0.25, -0.2) is 0 Å². The van der Waals surface area contributed by atoms with Crippen molar-refractivity contribution in [1.82, 2.24) is 21.3 Å². The number of hydrogen-bond acceptors (Lipinski definition) is 2. The molecule has 0 aromatic heterocycles. The van der Waals surface area contributed by atoms with Crippen molar-refractivity contribution >= 4 is 19.8 Å². The molecule has 0 heterocycles. The van der Waals surface area contributed by atoms with Gasteiger partial charge in [0.2, 0.25) is 0 Å². The zero-order chi connectivity index (χ0) is 33.8. The van der Waals surface area contributed by atoms with E-state index >= 15 is 17.6 Å². The van der Waals surface area contributed by atoms with E-state index in [1.54, 1.807) is 24.3 Å². The Hall–Kier alpha value is -3.63. The molecule has 0 unspecified atom stereocenters. The van der Waals surface area contributed by atoms with Crippen LogP contribution in [0.3, 0.4) is 0 Å². The number of carbonyl (C=O) groups excluding carboxylic acids is 2. The van der Waals surface area contributed by atoms with Crippen LogP contribution in [-0.4, -0.2) is 38.2 Å². The molecule has 6 nitrogen and oxygen atoms in total. The Kier molecular flexibility index (Phi) is 13.5. The molecule has 4 amide bonds. The number of unbranched alkanes of at least 4 members (excludes halogenated alkanes) is 2. The van der Waals surface area contributed by atoms with Crippen LogP contribution in [-0.2, 0) is 29.4 Å². The Morgan fingerprint density at radius 2 is 1.04 bits per heavy atom. The first-order valence-electron chi connectivity index (χ1n) is 16.5. The van der Waals surface area contributed by atoms with Crippen molar-refractivity contribution in [2.45, 2.75) is 65.2 Å². The van der Waals surface area contributed by atoms with Gasteiger partial charge < -0.3 is 0 Å². The summed E-state index contributed by atoms with van der Waals surface area (Å²) in [6, 6.07) is 4.24. The molecular formula is C36H44F4N4O2Ti. The van der Waals surface area contributed by atoms with Crippen LogP contribution in [0.4, 0.5) is 27.2 Å². The van der Waals surface area contributed by atoms with E-state index in [2.05, 4.69) is 21.3 Å². The van der Waals surface area contributed by atoms with Crippen LogP contribution in [0.2, 0.25) is 0 Å². The minimum absolute atomic E-state index is 0.0597.